The van der Waals surface area contributed by atoms with Crippen molar-refractivity contribution in [3.05, 3.63) is 58.2 Å². The second kappa shape index (κ2) is 6.23. The van der Waals surface area contributed by atoms with Crippen molar-refractivity contribution < 1.29 is 27.8 Å². The summed E-state index contributed by atoms with van der Waals surface area (Å²) in [5, 5.41) is 0. The molecule has 0 amide bonds. The number of allylic oxidation sites excluding steroid dienone is 2. The molecular formula is C19H19F2NO4. The Balaban J connectivity index is 2.24. The lowest BCUT2D eigenvalue weighted by Crippen LogP contribution is -2.35. The highest BCUT2D eigenvalue weighted by molar-refractivity contribution is 6.03. The smallest absolute Gasteiger partial charge is 0.340 e. The highest BCUT2D eigenvalue weighted by atomic mass is 19.1. The number of ketones is 1. The molecule has 0 fully saturated rings. The van der Waals surface area contributed by atoms with Crippen molar-refractivity contribution in [2.75, 3.05) is 7.11 Å². The summed E-state index contributed by atoms with van der Waals surface area (Å²) in [7, 11) is 1.15. The maximum absolute atomic E-state index is 14.5. The van der Waals surface area contributed by atoms with Crippen LogP contribution in [0.2, 0.25) is 0 Å². The summed E-state index contributed by atoms with van der Waals surface area (Å²) in [5.41, 5.74) is 5.54. The fourth-order valence-electron chi connectivity index (χ4n) is 3.54. The predicted molar refractivity (Wildman–Crippen MR) is 88.5 cm³/mol. The summed E-state index contributed by atoms with van der Waals surface area (Å²) in [5.74, 6) is -3.77. The number of halogens is 2. The number of hydrogen-bond donors (Lipinski definition) is 1. The first-order valence-electron chi connectivity index (χ1n) is 8.11. The van der Waals surface area contributed by atoms with E-state index in [-0.39, 0.29) is 40.2 Å². The van der Waals surface area contributed by atoms with Crippen LogP contribution >= 0.6 is 0 Å². The molecule has 1 heterocycles. The van der Waals surface area contributed by atoms with E-state index < -0.39 is 23.5 Å². The van der Waals surface area contributed by atoms with Crippen LogP contribution in [0.5, 0.6) is 0 Å². The van der Waals surface area contributed by atoms with Crippen LogP contribution in [0.3, 0.4) is 0 Å². The molecule has 0 aromatic heterocycles. The van der Waals surface area contributed by atoms with Crippen LogP contribution in [0, 0.1) is 17.0 Å². The Bertz CT molecular complexity index is 870. The van der Waals surface area contributed by atoms with Crippen LogP contribution in [0.15, 0.2) is 41.0 Å². The van der Waals surface area contributed by atoms with Gasteiger partial charge in [0.05, 0.1) is 13.0 Å². The number of hydrogen-bond acceptors (Lipinski definition) is 5. The minimum Gasteiger partial charge on any atom is -0.465 e. The van der Waals surface area contributed by atoms with Crippen molar-refractivity contribution in [1.29, 1.82) is 0 Å². The van der Waals surface area contributed by atoms with E-state index >= 15 is 0 Å². The highest BCUT2D eigenvalue weighted by Crippen LogP contribution is 2.48. The van der Waals surface area contributed by atoms with Gasteiger partial charge in [0.2, 0.25) is 5.88 Å². The molecule has 1 aromatic rings. The van der Waals surface area contributed by atoms with E-state index in [1.54, 1.807) is 0 Å². The number of nitrogens with two attached hydrogens (primary N) is 1. The number of methoxy groups -OCH3 is 1. The Labute approximate surface area is 149 Å². The Morgan fingerprint density at radius 3 is 2.62 bits per heavy atom. The second-order valence-electron chi connectivity index (χ2n) is 7.25. The maximum atomic E-state index is 14.5. The molecule has 0 saturated carbocycles. The number of benzene rings is 1. The third-order valence-electron chi connectivity index (χ3n) is 4.63. The van der Waals surface area contributed by atoms with Crippen molar-refractivity contribution in [1.82, 2.24) is 0 Å². The largest absolute Gasteiger partial charge is 0.465 e. The van der Waals surface area contributed by atoms with E-state index in [1.165, 1.54) is 6.07 Å². The zero-order valence-corrected chi connectivity index (χ0v) is 14.7. The number of ether oxygens (including phenoxy) is 2. The monoisotopic (exact) mass is 363 g/mol. The Kier molecular flexibility index (Phi) is 4.34. The topological polar surface area (TPSA) is 78.6 Å². The number of Topliss-reactive ketones (excluding diaryl/α,β-unsaturated/α-hetero) is 1. The number of rotatable bonds is 2. The molecule has 1 atom stereocenters. The summed E-state index contributed by atoms with van der Waals surface area (Å²) in [6.45, 7) is 3.81. The maximum Gasteiger partial charge on any atom is 0.340 e. The van der Waals surface area contributed by atoms with Crippen molar-refractivity contribution >= 4 is 11.8 Å². The van der Waals surface area contributed by atoms with Gasteiger partial charge < -0.3 is 15.2 Å². The standard InChI is InChI=1S/C19H19F2NO4/c1-19(2)7-12(23)15-13(8-19)26-17(22)16(18(24)25-3)14(15)10-5-4-9(20)6-11(10)21/h4-6,14H,7-8,22H2,1-3H3. The number of esters is 1. The first-order chi connectivity index (χ1) is 12.1. The molecular weight excluding hydrogens is 344 g/mol. The van der Waals surface area contributed by atoms with Gasteiger partial charge in [-0.1, -0.05) is 19.9 Å². The average Bonchev–Trinajstić information content (AvgIpc) is 2.51. The van der Waals surface area contributed by atoms with Gasteiger partial charge in [-0.3, -0.25) is 4.79 Å². The van der Waals surface area contributed by atoms with Crippen molar-refractivity contribution in [3.63, 3.8) is 0 Å². The number of carbonyl (C=O) groups excluding carboxylic acids is 2. The van der Waals surface area contributed by atoms with E-state index in [9.17, 15) is 18.4 Å². The summed E-state index contributed by atoms with van der Waals surface area (Å²) in [6, 6.07) is 2.97. The molecule has 0 bridgehead atoms. The van der Waals surface area contributed by atoms with Gasteiger partial charge >= 0.3 is 5.97 Å². The SMILES string of the molecule is COC(=O)C1=C(N)OC2=C(C(=O)CC(C)(C)C2)C1c1ccc(F)cc1F. The Hall–Kier alpha value is -2.70. The minimum absolute atomic E-state index is 0.0291. The second-order valence-corrected chi connectivity index (χ2v) is 7.25. The van der Waals surface area contributed by atoms with E-state index in [0.717, 1.165) is 13.2 Å². The molecule has 3 rings (SSSR count). The molecule has 1 aliphatic heterocycles. The molecule has 0 saturated heterocycles. The Morgan fingerprint density at radius 2 is 2.00 bits per heavy atom. The van der Waals surface area contributed by atoms with Crippen LogP contribution in [0.4, 0.5) is 8.78 Å². The third-order valence-corrected chi connectivity index (χ3v) is 4.63. The summed E-state index contributed by atoms with van der Waals surface area (Å²) in [6.07, 6.45) is 0.616. The van der Waals surface area contributed by atoms with E-state index in [4.69, 9.17) is 15.2 Å². The fourth-order valence-corrected chi connectivity index (χ4v) is 3.54. The molecule has 0 spiro atoms. The predicted octanol–water partition coefficient (Wildman–Crippen LogP) is 3.07. The van der Waals surface area contributed by atoms with Gasteiger partial charge in [-0.2, -0.15) is 0 Å². The van der Waals surface area contributed by atoms with Crippen molar-refractivity contribution in [2.45, 2.75) is 32.6 Å². The normalized spacial score (nSPS) is 22.0. The van der Waals surface area contributed by atoms with Crippen molar-refractivity contribution in [2.24, 2.45) is 11.1 Å². The van der Waals surface area contributed by atoms with Gasteiger partial charge in [-0.25, -0.2) is 13.6 Å². The molecule has 138 valence electrons. The van der Waals surface area contributed by atoms with Crippen LogP contribution < -0.4 is 5.73 Å². The van der Waals surface area contributed by atoms with E-state index in [0.29, 0.717) is 18.2 Å². The summed E-state index contributed by atoms with van der Waals surface area (Å²) in [4.78, 5) is 25.1. The van der Waals surface area contributed by atoms with Gasteiger partial charge in [0.15, 0.2) is 5.78 Å². The molecule has 1 aliphatic carbocycles. The first kappa shape index (κ1) is 18.1. The van der Waals surface area contributed by atoms with E-state index in [1.807, 2.05) is 13.8 Å². The van der Waals surface area contributed by atoms with Crippen LogP contribution in [-0.4, -0.2) is 18.9 Å². The molecule has 2 aliphatic rings. The van der Waals surface area contributed by atoms with Crippen LogP contribution in [0.25, 0.3) is 0 Å². The quantitative estimate of drug-likeness (QED) is 0.817. The molecule has 7 heteroatoms. The third kappa shape index (κ3) is 2.98. The van der Waals surface area contributed by atoms with Crippen molar-refractivity contribution in [3.8, 4) is 0 Å². The number of carbonyl (C=O) groups is 2. The lowest BCUT2D eigenvalue weighted by Gasteiger charge is -2.37. The van der Waals surface area contributed by atoms with Gasteiger partial charge in [-0.15, -0.1) is 0 Å². The molecule has 0 radical (unpaired) electrons. The minimum atomic E-state index is -1.10. The summed E-state index contributed by atoms with van der Waals surface area (Å²) < 4.78 is 38.2. The average molecular weight is 363 g/mol. The molecule has 26 heavy (non-hydrogen) atoms. The highest BCUT2D eigenvalue weighted by Gasteiger charge is 2.45. The van der Waals surface area contributed by atoms with Gasteiger partial charge in [0.25, 0.3) is 0 Å². The first-order valence-corrected chi connectivity index (χ1v) is 8.11. The van der Waals surface area contributed by atoms with Gasteiger partial charge in [0.1, 0.15) is 23.0 Å². The molecule has 2 N–H and O–H groups in total. The lowest BCUT2D eigenvalue weighted by atomic mass is 9.70. The molecule has 1 unspecified atom stereocenters. The van der Waals surface area contributed by atoms with Crippen LogP contribution in [-0.2, 0) is 19.1 Å². The zero-order chi connectivity index (χ0) is 19.2. The lowest BCUT2D eigenvalue weighted by molar-refractivity contribution is -0.136. The van der Waals surface area contributed by atoms with Crippen LogP contribution in [0.1, 0.15) is 38.2 Å². The fraction of sp³-hybridized carbons (Fsp3) is 0.368. The zero-order valence-electron chi connectivity index (χ0n) is 14.7. The Morgan fingerprint density at radius 1 is 1.31 bits per heavy atom. The van der Waals surface area contributed by atoms with Gasteiger partial charge in [0, 0.05) is 30.0 Å². The van der Waals surface area contributed by atoms with Gasteiger partial charge in [-0.05, 0) is 11.5 Å². The van der Waals surface area contributed by atoms with E-state index in [2.05, 4.69) is 0 Å². The molecule has 1 aromatic carbocycles. The summed E-state index contributed by atoms with van der Waals surface area (Å²) >= 11 is 0. The molecule has 5 nitrogen and oxygen atoms in total.